The van der Waals surface area contributed by atoms with Gasteiger partial charge in [-0.3, -0.25) is 0 Å². The van der Waals surface area contributed by atoms with Crippen LogP contribution in [-0.4, -0.2) is 0 Å². The molecule has 2 heterocycles. The van der Waals surface area contributed by atoms with Crippen LogP contribution in [0.5, 0.6) is 0 Å². The summed E-state index contributed by atoms with van der Waals surface area (Å²) in [5.41, 5.74) is 3.45. The molecule has 0 fully saturated rings. The van der Waals surface area contributed by atoms with Crippen LogP contribution in [0.4, 0.5) is 0 Å². The molecule has 0 aliphatic heterocycles. The molecule has 0 amide bonds. The molecule has 6 heteroatoms. The van der Waals surface area contributed by atoms with E-state index < -0.39 is 0 Å². The molecular weight excluding hydrogens is 421 g/mol. The van der Waals surface area contributed by atoms with Gasteiger partial charge in [0.2, 0.25) is 0 Å². The quantitative estimate of drug-likeness (QED) is 0.184. The molecule has 2 aromatic heterocycles. The number of aryl methyl sites for hydroxylation is 2. The van der Waals surface area contributed by atoms with E-state index in [1.807, 2.05) is 0 Å². The second-order valence-corrected chi connectivity index (χ2v) is 10.8. The second-order valence-electron chi connectivity index (χ2n) is 6.60. The summed E-state index contributed by atoms with van der Waals surface area (Å²) >= 11 is 6.67. The molecule has 2 nitrogen and oxygen atoms in total. The molecule has 0 saturated carbocycles. The minimum atomic E-state index is 0.503. The summed E-state index contributed by atoms with van der Waals surface area (Å²) in [7, 11) is 0. The topological polar surface area (TPSA) is 47.6 Å². The highest BCUT2D eigenvalue weighted by molar-refractivity contribution is 7.42. The van der Waals surface area contributed by atoms with E-state index in [2.05, 4.69) is 62.4 Å². The van der Waals surface area contributed by atoms with Crippen molar-refractivity contribution in [2.45, 2.75) is 13.8 Å². The number of nitriles is 2. The van der Waals surface area contributed by atoms with Gasteiger partial charge >= 0.3 is 0 Å². The van der Waals surface area contributed by atoms with Crippen molar-refractivity contribution in [2.75, 3.05) is 0 Å². The number of benzene rings is 3. The average molecular weight is 433 g/mol. The van der Waals surface area contributed by atoms with E-state index >= 15 is 0 Å². The molecule has 0 radical (unpaired) electrons. The normalized spacial score (nSPS) is 11.1. The van der Waals surface area contributed by atoms with Crippen LogP contribution >= 0.6 is 45.3 Å². The van der Waals surface area contributed by atoms with Gasteiger partial charge in [0.25, 0.3) is 0 Å². The summed E-state index contributed by atoms with van der Waals surface area (Å²) in [5, 5.41) is 19.8. The lowest BCUT2D eigenvalue weighted by Crippen LogP contribution is -1.88. The summed E-state index contributed by atoms with van der Waals surface area (Å²) < 4.78 is 8.78. The molecule has 3 aromatic carbocycles. The van der Waals surface area contributed by atoms with E-state index in [1.165, 1.54) is 20.5 Å². The van der Waals surface area contributed by atoms with Gasteiger partial charge in [0.15, 0.2) is 0 Å². The Kier molecular flexibility index (Phi) is 4.12. The predicted octanol–water partition coefficient (Wildman–Crippen LogP) is 8.03. The van der Waals surface area contributed by atoms with Crippen molar-refractivity contribution in [3.8, 4) is 12.1 Å². The Bertz CT molecular complexity index is 1440. The van der Waals surface area contributed by atoms with Crippen LogP contribution in [0.25, 0.3) is 37.6 Å². The maximum Gasteiger partial charge on any atom is 0.102 e. The molecule has 0 aliphatic rings. The maximum atomic E-state index is 9.89. The lowest BCUT2D eigenvalue weighted by molar-refractivity contribution is 1.48. The number of fused-ring (bicyclic) bond motifs is 5. The minimum absolute atomic E-state index is 0.503. The van der Waals surface area contributed by atoms with Crippen molar-refractivity contribution in [3.63, 3.8) is 0 Å². The van der Waals surface area contributed by atoms with Gasteiger partial charge in [0, 0.05) is 18.8 Å². The van der Waals surface area contributed by atoms with E-state index in [9.17, 15) is 10.5 Å². The fourth-order valence-corrected chi connectivity index (χ4v) is 8.60. The first kappa shape index (κ1) is 17.6. The van der Waals surface area contributed by atoms with Gasteiger partial charge in [-0.1, -0.05) is 12.1 Å². The molecule has 5 rings (SSSR count). The number of hydrogen-bond acceptors (Lipinski definition) is 6. The Morgan fingerprint density at radius 3 is 1.36 bits per heavy atom. The number of rotatable bonds is 0. The van der Waals surface area contributed by atoms with Gasteiger partial charge in [-0.25, -0.2) is 0 Å². The van der Waals surface area contributed by atoms with Crippen molar-refractivity contribution in [2.24, 2.45) is 0 Å². The first-order valence-corrected chi connectivity index (χ1v) is 11.8. The lowest BCUT2D eigenvalue weighted by atomic mass is 10.1. The third-order valence-corrected chi connectivity index (χ3v) is 9.96. The van der Waals surface area contributed by atoms with Crippen LogP contribution in [0.2, 0.25) is 0 Å². The number of hydrogen-bond donors (Lipinski definition) is 0. The van der Waals surface area contributed by atoms with Crippen LogP contribution in [0, 0.1) is 36.5 Å². The summed E-state index contributed by atoms with van der Waals surface area (Å²) in [5.74, 6) is 0. The molecule has 134 valence electrons. The average Bonchev–Trinajstić information content (AvgIpc) is 2.70. The molecule has 0 aliphatic carbocycles. The van der Waals surface area contributed by atoms with Crippen LogP contribution in [0.1, 0.15) is 22.3 Å². The SMILES string of the molecule is Cc1ccc2sc3c(C#N)c(C#N)c4sc5ccc(C)cc5sc4c3sc2c1. The standard InChI is InChI=1S/C22H12N2S4/c1-11-3-5-15-17(7-11)27-21-19(25-15)13(9-23)14(10-24)20-22(21)28-18-8-12(2)4-6-16(18)26-20/h3-8H,1-2H3. The Morgan fingerprint density at radius 2 is 0.964 bits per heavy atom. The van der Waals surface area contributed by atoms with E-state index in [4.69, 9.17) is 0 Å². The van der Waals surface area contributed by atoms with Crippen molar-refractivity contribution in [1.82, 2.24) is 0 Å². The predicted molar refractivity (Wildman–Crippen MR) is 125 cm³/mol. The molecule has 0 atom stereocenters. The Labute approximate surface area is 177 Å². The minimum Gasteiger partial charge on any atom is -0.192 e. The number of nitrogens with zero attached hydrogens (tertiary/aromatic N) is 2. The van der Waals surface area contributed by atoms with E-state index in [1.54, 1.807) is 45.3 Å². The van der Waals surface area contributed by atoms with Gasteiger partial charge in [0.05, 0.1) is 29.9 Å². The van der Waals surface area contributed by atoms with Crippen molar-refractivity contribution in [1.29, 1.82) is 10.5 Å². The van der Waals surface area contributed by atoms with Crippen LogP contribution < -0.4 is 0 Å². The third-order valence-electron chi connectivity index (χ3n) is 4.59. The molecule has 5 aromatic rings. The van der Waals surface area contributed by atoms with Crippen LogP contribution in [-0.2, 0) is 0 Å². The first-order valence-electron chi connectivity index (χ1n) is 8.56. The summed E-state index contributed by atoms with van der Waals surface area (Å²) in [6.07, 6.45) is 0. The van der Waals surface area contributed by atoms with Gasteiger partial charge in [0.1, 0.15) is 12.1 Å². The largest absolute Gasteiger partial charge is 0.192 e. The zero-order valence-electron chi connectivity index (χ0n) is 15.0. The van der Waals surface area contributed by atoms with Gasteiger partial charge < -0.3 is 0 Å². The maximum absolute atomic E-state index is 9.89. The fourth-order valence-electron chi connectivity index (χ4n) is 3.25. The van der Waals surface area contributed by atoms with Crippen molar-refractivity contribution in [3.05, 3.63) is 58.7 Å². The van der Waals surface area contributed by atoms with Crippen LogP contribution in [0.3, 0.4) is 0 Å². The highest BCUT2D eigenvalue weighted by Crippen LogP contribution is 2.46. The van der Waals surface area contributed by atoms with Crippen molar-refractivity contribution >= 4 is 82.9 Å². The zero-order valence-corrected chi connectivity index (χ0v) is 18.3. The molecular formula is C22H12N2S4. The summed E-state index contributed by atoms with van der Waals surface area (Å²) in [4.78, 5) is 0. The van der Waals surface area contributed by atoms with E-state index in [0.717, 1.165) is 28.2 Å². The third kappa shape index (κ3) is 2.62. The second kappa shape index (κ2) is 6.55. The zero-order chi connectivity index (χ0) is 19.4. The van der Waals surface area contributed by atoms with Crippen LogP contribution in [0.15, 0.2) is 36.4 Å². The summed E-state index contributed by atoms with van der Waals surface area (Å²) in [6.45, 7) is 4.19. The molecule has 0 saturated heterocycles. The fraction of sp³-hybridized carbons (Fsp3) is 0.0909. The first-order chi connectivity index (χ1) is 13.6. The molecule has 0 spiro atoms. The van der Waals surface area contributed by atoms with E-state index in [0.29, 0.717) is 11.1 Å². The monoisotopic (exact) mass is 432 g/mol. The molecule has 0 unspecified atom stereocenters. The van der Waals surface area contributed by atoms with Gasteiger partial charge in [-0.05, 0) is 49.2 Å². The Morgan fingerprint density at radius 1 is 0.571 bits per heavy atom. The highest BCUT2D eigenvalue weighted by Gasteiger charge is 2.18. The lowest BCUT2D eigenvalue weighted by Gasteiger charge is -2.10. The summed E-state index contributed by atoms with van der Waals surface area (Å²) in [6, 6.07) is 17.4. The molecule has 28 heavy (non-hydrogen) atoms. The molecule has 0 N–H and O–H groups in total. The van der Waals surface area contributed by atoms with Crippen molar-refractivity contribution < 1.29 is 0 Å². The smallest absolute Gasteiger partial charge is 0.102 e. The Balaban J connectivity index is 2.09. The Hall–Kier alpha value is -2.48. The van der Waals surface area contributed by atoms with E-state index in [-0.39, 0.29) is 0 Å². The van der Waals surface area contributed by atoms with Gasteiger partial charge in [-0.2, -0.15) is 10.5 Å². The molecule has 0 bridgehead atoms. The highest BCUT2D eigenvalue weighted by atomic mass is 32.1. The van der Waals surface area contributed by atoms with Gasteiger partial charge in [-0.15, -0.1) is 45.3 Å².